The summed E-state index contributed by atoms with van der Waals surface area (Å²) >= 11 is 0. The number of nitrogens with zero attached hydrogens (tertiary/aromatic N) is 4. The van der Waals surface area contributed by atoms with Crippen LogP contribution in [-0.4, -0.2) is 52.2 Å². The monoisotopic (exact) mass is 485 g/mol. The van der Waals surface area contributed by atoms with Crippen LogP contribution in [0.25, 0.3) is 16.7 Å². The van der Waals surface area contributed by atoms with Gasteiger partial charge in [-0.3, -0.25) is 0 Å². The lowest BCUT2D eigenvalue weighted by molar-refractivity contribution is 0.0418. The molecule has 0 bridgehead atoms. The number of rotatable bonds is 8. The topological polar surface area (TPSA) is 111 Å². The molecule has 3 aliphatic rings. The van der Waals surface area contributed by atoms with E-state index in [-0.39, 0.29) is 0 Å². The van der Waals surface area contributed by atoms with Crippen molar-refractivity contribution in [3.05, 3.63) is 36.0 Å². The Labute approximate surface area is 210 Å². The number of H-pyrrole nitrogens is 1. The van der Waals surface area contributed by atoms with Gasteiger partial charge in [-0.1, -0.05) is 20.4 Å². The first-order valence-corrected chi connectivity index (χ1v) is 12.7. The van der Waals surface area contributed by atoms with Crippen molar-refractivity contribution < 1.29 is 9.47 Å². The predicted molar refractivity (Wildman–Crippen MR) is 140 cm³/mol. The van der Waals surface area contributed by atoms with Crippen molar-refractivity contribution in [3.63, 3.8) is 0 Å². The van der Waals surface area contributed by atoms with E-state index in [9.17, 15) is 5.26 Å². The zero-order chi connectivity index (χ0) is 24.9. The van der Waals surface area contributed by atoms with Gasteiger partial charge >= 0.3 is 0 Å². The minimum Gasteiger partial charge on any atom is -0.485 e. The van der Waals surface area contributed by atoms with Crippen molar-refractivity contribution in [1.82, 2.24) is 19.9 Å². The van der Waals surface area contributed by atoms with Crippen LogP contribution in [0.1, 0.15) is 50.7 Å². The summed E-state index contributed by atoms with van der Waals surface area (Å²) in [5.74, 6) is 2.42. The zero-order valence-corrected chi connectivity index (χ0v) is 20.8. The van der Waals surface area contributed by atoms with Gasteiger partial charge in [-0.2, -0.15) is 15.2 Å². The van der Waals surface area contributed by atoms with E-state index in [1.165, 1.54) is 12.8 Å². The number of hydrogen-bond donors (Lipinski definition) is 3. The van der Waals surface area contributed by atoms with E-state index in [0.717, 1.165) is 42.9 Å². The molecule has 2 aromatic heterocycles. The smallest absolute Gasteiger partial charge is 0.231 e. The normalized spacial score (nSPS) is 17.9. The number of likely N-dealkylation sites (tertiary alicyclic amines) is 1. The molecule has 0 unspecified atom stereocenters. The number of fused-ring (bicyclic) bond motifs is 2. The summed E-state index contributed by atoms with van der Waals surface area (Å²) in [5.41, 5.74) is 4.16. The second kappa shape index (κ2) is 8.63. The van der Waals surface area contributed by atoms with Gasteiger partial charge in [0.2, 0.25) is 5.95 Å². The molecule has 0 radical (unpaired) electrons. The van der Waals surface area contributed by atoms with Gasteiger partial charge in [0, 0.05) is 42.0 Å². The van der Waals surface area contributed by atoms with Crippen LogP contribution in [-0.2, 0) is 0 Å². The highest BCUT2D eigenvalue weighted by atomic mass is 16.6. The van der Waals surface area contributed by atoms with Gasteiger partial charge in [0.1, 0.15) is 30.7 Å². The summed E-state index contributed by atoms with van der Waals surface area (Å²) in [6.07, 6.45) is 6.21. The van der Waals surface area contributed by atoms with Crippen molar-refractivity contribution in [3.8, 4) is 17.6 Å². The van der Waals surface area contributed by atoms with Crippen LogP contribution >= 0.6 is 0 Å². The molecule has 4 heterocycles. The first kappa shape index (κ1) is 22.5. The number of nitrogens with one attached hydrogen (secondary N) is 3. The fourth-order valence-electron chi connectivity index (χ4n) is 5.11. The zero-order valence-electron chi connectivity index (χ0n) is 20.8. The second-order valence-electron chi connectivity index (χ2n) is 10.0. The number of aromatic nitrogens is 3. The number of anilines is 3. The lowest BCUT2D eigenvalue weighted by Gasteiger charge is -2.52. The molecule has 3 aromatic rings. The van der Waals surface area contributed by atoms with Crippen LogP contribution in [0.3, 0.4) is 0 Å². The largest absolute Gasteiger partial charge is 0.485 e. The minimum absolute atomic E-state index is 0.382. The number of ether oxygens (including phenoxy) is 2. The average molecular weight is 486 g/mol. The third-order valence-corrected chi connectivity index (χ3v) is 7.75. The first-order chi connectivity index (χ1) is 17.5. The number of hydrogen-bond acceptors (Lipinski definition) is 8. The van der Waals surface area contributed by atoms with Crippen LogP contribution in [0.15, 0.2) is 24.9 Å². The molecule has 3 N–H and O–H groups in total. The Bertz CT molecular complexity index is 1370. The molecule has 1 aliphatic carbocycles. The predicted octanol–water partition coefficient (Wildman–Crippen LogP) is 5.01. The second-order valence-corrected chi connectivity index (χ2v) is 10.0. The molecule has 0 amide bonds. The van der Waals surface area contributed by atoms with Gasteiger partial charge in [0.05, 0.1) is 16.6 Å². The standard InChI is InChI=1S/C27H31N7O2/c1-4-27(5-2)14-34(15-27)16(3)19-8-9-20(23-22(19)35-10-11-36-23)31-26-32-24-21(17(12-28)13-29-24)25(33-26)30-18-6-7-18/h8-9,13,18H,3-7,10-11,14-15H2,1-2H3,(H3,29,30,31,32,33). The molecule has 1 aromatic carbocycles. The fraction of sp³-hybridized carbons (Fsp3) is 0.444. The highest BCUT2D eigenvalue weighted by Gasteiger charge is 2.41. The molecule has 9 heteroatoms. The Morgan fingerprint density at radius 3 is 2.64 bits per heavy atom. The van der Waals surface area contributed by atoms with Crippen molar-refractivity contribution in [2.75, 3.05) is 36.9 Å². The van der Waals surface area contributed by atoms with Gasteiger partial charge < -0.3 is 30.0 Å². The van der Waals surface area contributed by atoms with E-state index in [0.29, 0.717) is 64.5 Å². The van der Waals surface area contributed by atoms with E-state index in [2.05, 4.69) is 52.0 Å². The third-order valence-electron chi connectivity index (χ3n) is 7.75. The maximum atomic E-state index is 9.51. The molecule has 36 heavy (non-hydrogen) atoms. The first-order valence-electron chi connectivity index (χ1n) is 12.7. The highest BCUT2D eigenvalue weighted by molar-refractivity contribution is 5.94. The van der Waals surface area contributed by atoms with E-state index in [4.69, 9.17) is 14.5 Å². The molecule has 6 rings (SSSR count). The van der Waals surface area contributed by atoms with Crippen LogP contribution in [0.5, 0.6) is 11.5 Å². The van der Waals surface area contributed by atoms with Gasteiger partial charge in [0.25, 0.3) is 0 Å². The Balaban J connectivity index is 1.32. The van der Waals surface area contributed by atoms with Gasteiger partial charge in [-0.05, 0) is 37.8 Å². The molecule has 0 spiro atoms. The Morgan fingerprint density at radius 2 is 1.94 bits per heavy atom. The molecular formula is C27H31N7O2. The van der Waals surface area contributed by atoms with Crippen LogP contribution < -0.4 is 20.1 Å². The summed E-state index contributed by atoms with van der Waals surface area (Å²) < 4.78 is 12.2. The maximum Gasteiger partial charge on any atom is 0.231 e. The maximum absolute atomic E-state index is 9.51. The summed E-state index contributed by atoms with van der Waals surface area (Å²) in [6.45, 7) is 11.9. The van der Waals surface area contributed by atoms with E-state index < -0.39 is 0 Å². The summed E-state index contributed by atoms with van der Waals surface area (Å²) in [7, 11) is 0. The molecule has 1 saturated carbocycles. The Kier molecular flexibility index (Phi) is 5.40. The Morgan fingerprint density at radius 1 is 1.19 bits per heavy atom. The average Bonchev–Trinajstić information content (AvgIpc) is 3.59. The highest BCUT2D eigenvalue weighted by Crippen LogP contribution is 2.47. The molecule has 1 saturated heterocycles. The lowest BCUT2D eigenvalue weighted by atomic mass is 9.74. The molecular weight excluding hydrogens is 454 g/mol. The van der Waals surface area contributed by atoms with Gasteiger partial charge in [-0.15, -0.1) is 0 Å². The van der Waals surface area contributed by atoms with Crippen LogP contribution in [0.2, 0.25) is 0 Å². The summed E-state index contributed by atoms with van der Waals surface area (Å²) in [5, 5.41) is 17.0. The van der Waals surface area contributed by atoms with Crippen molar-refractivity contribution >= 4 is 34.2 Å². The molecule has 9 nitrogen and oxygen atoms in total. The number of aromatic amines is 1. The molecule has 2 aliphatic heterocycles. The van der Waals surface area contributed by atoms with Crippen molar-refractivity contribution in [1.29, 1.82) is 5.26 Å². The number of benzene rings is 1. The SMILES string of the molecule is C=C(c1ccc(Nc2nc(NC3CC3)c3c(C#N)c[nH]c3n2)c2c1OCCO2)N1CC(CC)(CC)C1. The summed E-state index contributed by atoms with van der Waals surface area (Å²) in [4.78, 5) is 14.8. The van der Waals surface area contributed by atoms with Crippen LogP contribution in [0.4, 0.5) is 17.5 Å². The molecule has 0 atom stereocenters. The van der Waals surface area contributed by atoms with E-state index >= 15 is 0 Å². The van der Waals surface area contributed by atoms with E-state index in [1.54, 1.807) is 6.20 Å². The lowest BCUT2D eigenvalue weighted by Crippen LogP contribution is -2.54. The molecule has 186 valence electrons. The van der Waals surface area contributed by atoms with Gasteiger partial charge in [-0.25, -0.2) is 0 Å². The Hall–Kier alpha value is -3.93. The minimum atomic E-state index is 0.382. The molecule has 2 fully saturated rings. The van der Waals surface area contributed by atoms with Crippen LogP contribution in [0, 0.1) is 16.7 Å². The third kappa shape index (κ3) is 3.77. The number of nitriles is 1. The quantitative estimate of drug-likeness (QED) is 0.408. The van der Waals surface area contributed by atoms with Crippen molar-refractivity contribution in [2.24, 2.45) is 5.41 Å². The van der Waals surface area contributed by atoms with Gasteiger partial charge in [0.15, 0.2) is 11.5 Å². The van der Waals surface area contributed by atoms with Crippen molar-refractivity contribution in [2.45, 2.75) is 45.6 Å². The van der Waals surface area contributed by atoms with E-state index in [1.807, 2.05) is 12.1 Å². The summed E-state index contributed by atoms with van der Waals surface area (Å²) in [6, 6.07) is 6.60. The fourth-order valence-corrected chi connectivity index (χ4v) is 5.11.